The highest BCUT2D eigenvalue weighted by atomic mass is 19.1. The first-order valence-corrected chi connectivity index (χ1v) is 10.4. The fourth-order valence-electron chi connectivity index (χ4n) is 4.99. The SMILES string of the molecule is Cc1cc(OCC(=O)CC23CC(Nc4cnc(-c5cccnc5)cn4)(C2)C3)ccc1F. The van der Waals surface area contributed by atoms with Gasteiger partial charge in [-0.1, -0.05) is 0 Å². The van der Waals surface area contributed by atoms with E-state index in [0.717, 1.165) is 36.3 Å². The number of rotatable bonds is 8. The number of hydrogen-bond acceptors (Lipinski definition) is 6. The van der Waals surface area contributed by atoms with Crippen LogP contribution in [0.3, 0.4) is 0 Å². The van der Waals surface area contributed by atoms with E-state index < -0.39 is 0 Å². The summed E-state index contributed by atoms with van der Waals surface area (Å²) < 4.78 is 18.9. The minimum atomic E-state index is -0.276. The predicted molar refractivity (Wildman–Crippen MR) is 114 cm³/mol. The Balaban J connectivity index is 1.10. The van der Waals surface area contributed by atoms with Crippen LogP contribution < -0.4 is 10.1 Å². The molecule has 1 N–H and O–H groups in total. The van der Waals surface area contributed by atoms with Gasteiger partial charge in [-0.2, -0.15) is 0 Å². The monoisotopic (exact) mass is 418 g/mol. The molecule has 1 aromatic carbocycles. The Labute approximate surface area is 179 Å². The van der Waals surface area contributed by atoms with Crippen LogP contribution in [-0.4, -0.2) is 32.9 Å². The molecule has 0 saturated heterocycles. The van der Waals surface area contributed by atoms with Crippen molar-refractivity contribution < 1.29 is 13.9 Å². The van der Waals surface area contributed by atoms with Crippen molar-refractivity contribution >= 4 is 11.6 Å². The summed E-state index contributed by atoms with van der Waals surface area (Å²) in [6, 6.07) is 8.35. The van der Waals surface area contributed by atoms with Crippen molar-refractivity contribution in [2.24, 2.45) is 5.41 Å². The molecule has 0 spiro atoms. The number of nitrogens with one attached hydrogen (secondary N) is 1. The summed E-state index contributed by atoms with van der Waals surface area (Å²) in [6.07, 6.45) is 10.4. The third-order valence-corrected chi connectivity index (χ3v) is 6.24. The van der Waals surface area contributed by atoms with E-state index in [0.29, 0.717) is 17.7 Å². The summed E-state index contributed by atoms with van der Waals surface area (Å²) in [5.74, 6) is 1.08. The van der Waals surface area contributed by atoms with Gasteiger partial charge in [-0.15, -0.1) is 0 Å². The molecule has 2 heterocycles. The van der Waals surface area contributed by atoms with E-state index in [1.54, 1.807) is 43.8 Å². The highest BCUT2D eigenvalue weighted by Gasteiger charge is 2.68. The lowest BCUT2D eigenvalue weighted by Crippen LogP contribution is -2.71. The van der Waals surface area contributed by atoms with Crippen LogP contribution in [0, 0.1) is 18.2 Å². The molecule has 3 saturated carbocycles. The average Bonchev–Trinajstić information content (AvgIpc) is 2.73. The molecular weight excluding hydrogens is 395 g/mol. The second-order valence-electron chi connectivity index (χ2n) is 8.88. The smallest absolute Gasteiger partial charge is 0.170 e. The van der Waals surface area contributed by atoms with E-state index in [1.807, 2.05) is 12.1 Å². The number of aromatic nitrogens is 3. The molecule has 158 valence electrons. The molecule has 6 nitrogen and oxygen atoms in total. The molecular formula is C24H23FN4O2. The van der Waals surface area contributed by atoms with Crippen LogP contribution in [-0.2, 0) is 4.79 Å². The number of carbonyl (C=O) groups is 1. The van der Waals surface area contributed by atoms with Crippen molar-refractivity contribution in [2.75, 3.05) is 11.9 Å². The first-order chi connectivity index (χ1) is 14.9. The Hall–Kier alpha value is -3.35. The van der Waals surface area contributed by atoms with E-state index in [4.69, 9.17) is 4.74 Å². The van der Waals surface area contributed by atoms with E-state index in [1.165, 1.54) is 6.07 Å². The van der Waals surface area contributed by atoms with E-state index >= 15 is 0 Å². The number of Topliss-reactive ketones (excluding diaryl/α,β-unsaturated/α-hetero) is 1. The number of nitrogens with zero attached hydrogens (tertiary/aromatic N) is 3. The summed E-state index contributed by atoms with van der Waals surface area (Å²) in [5, 5.41) is 3.50. The van der Waals surface area contributed by atoms with Gasteiger partial charge in [0.25, 0.3) is 0 Å². The first-order valence-electron chi connectivity index (χ1n) is 10.4. The van der Waals surface area contributed by atoms with Gasteiger partial charge in [-0.25, -0.2) is 9.37 Å². The highest BCUT2D eigenvalue weighted by Crippen LogP contribution is 2.70. The number of halogens is 1. The molecule has 31 heavy (non-hydrogen) atoms. The molecule has 0 unspecified atom stereocenters. The van der Waals surface area contributed by atoms with Gasteiger partial charge in [0.05, 0.1) is 18.1 Å². The molecule has 7 heteroatoms. The van der Waals surface area contributed by atoms with Crippen LogP contribution in [0.2, 0.25) is 0 Å². The van der Waals surface area contributed by atoms with Crippen molar-refractivity contribution in [1.29, 1.82) is 0 Å². The number of benzene rings is 1. The Kier molecular flexibility index (Phi) is 4.68. The molecule has 3 aliphatic rings. The van der Waals surface area contributed by atoms with E-state index in [-0.39, 0.29) is 29.2 Å². The number of carbonyl (C=O) groups excluding carboxylic acids is 1. The molecule has 0 aliphatic heterocycles. The lowest BCUT2D eigenvalue weighted by molar-refractivity contribution is -0.147. The largest absolute Gasteiger partial charge is 0.486 e. The average molecular weight is 418 g/mol. The zero-order valence-electron chi connectivity index (χ0n) is 17.3. The summed E-state index contributed by atoms with van der Waals surface area (Å²) in [4.78, 5) is 25.5. The first kappa shape index (κ1) is 19.6. The number of pyridine rings is 1. The molecule has 2 bridgehead atoms. The maximum Gasteiger partial charge on any atom is 0.170 e. The van der Waals surface area contributed by atoms with Gasteiger partial charge in [-0.3, -0.25) is 14.8 Å². The maximum atomic E-state index is 13.3. The Morgan fingerprint density at radius 3 is 2.68 bits per heavy atom. The number of aryl methyl sites for hydroxylation is 1. The van der Waals surface area contributed by atoms with Crippen molar-refractivity contribution in [3.8, 4) is 17.0 Å². The van der Waals surface area contributed by atoms with E-state index in [2.05, 4.69) is 20.3 Å². The van der Waals surface area contributed by atoms with Gasteiger partial charge in [0.2, 0.25) is 0 Å². The van der Waals surface area contributed by atoms with Crippen molar-refractivity contribution in [3.63, 3.8) is 0 Å². The molecule has 0 atom stereocenters. The molecule has 0 radical (unpaired) electrons. The van der Waals surface area contributed by atoms with Crippen LogP contribution >= 0.6 is 0 Å². The van der Waals surface area contributed by atoms with Crippen molar-refractivity contribution in [2.45, 2.75) is 38.1 Å². The van der Waals surface area contributed by atoms with Crippen LogP contribution in [0.15, 0.2) is 55.1 Å². The number of anilines is 1. The second kappa shape index (κ2) is 7.41. The topological polar surface area (TPSA) is 77.0 Å². The summed E-state index contributed by atoms with van der Waals surface area (Å²) in [6.45, 7) is 1.70. The van der Waals surface area contributed by atoms with Crippen LogP contribution in [0.1, 0.15) is 31.2 Å². The van der Waals surface area contributed by atoms with Gasteiger partial charge in [-0.05, 0) is 67.5 Å². The van der Waals surface area contributed by atoms with Crippen LogP contribution in [0.5, 0.6) is 5.75 Å². The lowest BCUT2D eigenvalue weighted by atomic mass is 9.38. The fourth-order valence-corrected chi connectivity index (χ4v) is 4.99. The minimum absolute atomic E-state index is 0.0224. The maximum absolute atomic E-state index is 13.3. The van der Waals surface area contributed by atoms with Gasteiger partial charge in [0.15, 0.2) is 5.78 Å². The number of hydrogen-bond donors (Lipinski definition) is 1. The van der Waals surface area contributed by atoms with Crippen LogP contribution in [0.25, 0.3) is 11.3 Å². The third-order valence-electron chi connectivity index (χ3n) is 6.24. The lowest BCUT2D eigenvalue weighted by Gasteiger charge is -2.70. The summed E-state index contributed by atoms with van der Waals surface area (Å²) in [7, 11) is 0. The summed E-state index contributed by atoms with van der Waals surface area (Å²) >= 11 is 0. The van der Waals surface area contributed by atoms with Crippen molar-refractivity contribution in [3.05, 3.63) is 66.5 Å². The van der Waals surface area contributed by atoms with Gasteiger partial charge in [0.1, 0.15) is 24.0 Å². The standard InChI is InChI=1S/C24H23FN4O2/c1-16-7-19(4-5-20(16)25)31-12-18(30)8-23-13-24(14-23,15-23)29-22-11-27-21(10-28-22)17-3-2-6-26-9-17/h2-7,9-11H,8,12-15H2,1H3,(H,28,29). The predicted octanol–water partition coefficient (Wildman–Crippen LogP) is 4.36. The third kappa shape index (κ3) is 3.87. The Bertz CT molecular complexity index is 1100. The zero-order valence-corrected chi connectivity index (χ0v) is 17.3. The molecule has 3 aromatic rings. The zero-order chi connectivity index (χ0) is 21.5. The minimum Gasteiger partial charge on any atom is -0.486 e. The molecule has 3 fully saturated rings. The molecule has 2 aromatic heterocycles. The molecule has 3 aliphatic carbocycles. The van der Waals surface area contributed by atoms with Gasteiger partial charge < -0.3 is 10.1 Å². The molecule has 6 rings (SSSR count). The van der Waals surface area contributed by atoms with E-state index in [9.17, 15) is 9.18 Å². The van der Waals surface area contributed by atoms with Crippen molar-refractivity contribution in [1.82, 2.24) is 15.0 Å². The van der Waals surface area contributed by atoms with Gasteiger partial charge in [0, 0.05) is 29.9 Å². The normalized spacial score (nSPS) is 23.4. The Morgan fingerprint density at radius 1 is 1.16 bits per heavy atom. The second-order valence-corrected chi connectivity index (χ2v) is 8.88. The molecule has 0 amide bonds. The quantitative estimate of drug-likeness (QED) is 0.586. The highest BCUT2D eigenvalue weighted by molar-refractivity contribution is 5.81. The number of ether oxygens (including phenoxy) is 1. The van der Waals surface area contributed by atoms with Crippen LogP contribution in [0.4, 0.5) is 10.2 Å². The fraction of sp³-hybridized carbons (Fsp3) is 0.333. The number of ketones is 1. The van der Waals surface area contributed by atoms with Gasteiger partial charge >= 0.3 is 0 Å². The summed E-state index contributed by atoms with van der Waals surface area (Å²) in [5.41, 5.74) is 2.33. The Morgan fingerprint density at radius 2 is 2.00 bits per heavy atom.